The van der Waals surface area contributed by atoms with Gasteiger partial charge in [-0.3, -0.25) is 9.71 Å². The van der Waals surface area contributed by atoms with Crippen LogP contribution in [0.25, 0.3) is 11.0 Å². The quantitative estimate of drug-likeness (QED) is 0.360. The van der Waals surface area contributed by atoms with E-state index in [1.54, 1.807) is 49.5 Å². The van der Waals surface area contributed by atoms with Crippen LogP contribution in [0.1, 0.15) is 17.0 Å². The topological polar surface area (TPSA) is 105 Å². The molecule has 0 spiro atoms. The Balaban J connectivity index is 1.65. The minimum absolute atomic E-state index is 0.0383. The number of nitrogens with one attached hydrogen (secondary N) is 1. The Hall–Kier alpha value is -3.65. The number of amidine groups is 1. The Bertz CT molecular complexity index is 1360. The van der Waals surface area contributed by atoms with E-state index >= 15 is 0 Å². The number of nitrogens with zero attached hydrogens (tertiary/aromatic N) is 3. The van der Waals surface area contributed by atoms with Crippen molar-refractivity contribution in [2.45, 2.75) is 11.3 Å². The van der Waals surface area contributed by atoms with Gasteiger partial charge in [0.1, 0.15) is 11.7 Å². The Kier molecular flexibility index (Phi) is 5.24. The van der Waals surface area contributed by atoms with Crippen LogP contribution < -0.4 is 10.0 Å². The van der Waals surface area contributed by atoms with Crippen LogP contribution in [0.3, 0.4) is 0 Å². The van der Waals surface area contributed by atoms with Crippen LogP contribution in [0.2, 0.25) is 0 Å². The molecular formula is C23H23N5O2S. The lowest BCUT2D eigenvalue weighted by atomic mass is 10.1. The van der Waals surface area contributed by atoms with Crippen molar-refractivity contribution in [1.82, 2.24) is 9.55 Å². The molecule has 0 aliphatic rings. The lowest BCUT2D eigenvalue weighted by Gasteiger charge is -2.19. The van der Waals surface area contributed by atoms with Crippen molar-refractivity contribution in [1.29, 1.82) is 5.41 Å². The molecule has 1 aromatic heterocycles. The second-order valence-electron chi connectivity index (χ2n) is 7.33. The van der Waals surface area contributed by atoms with E-state index in [1.807, 2.05) is 41.9 Å². The summed E-state index contributed by atoms with van der Waals surface area (Å²) in [6, 6.07) is 21.3. The lowest BCUT2D eigenvalue weighted by molar-refractivity contribution is 0.594. The standard InChI is InChI=1S/C23H23N5O2S/c1-27-21-13-12-18(28(2)31(29,30)19-6-4-3-5-7-19)15-20(21)26-22(27)14-16-8-10-17(11-9-16)23(24)25/h3-13,15H,14H2,1-2H3,(H3,24,25). The molecule has 4 rings (SSSR count). The third kappa shape index (κ3) is 3.89. The van der Waals surface area contributed by atoms with E-state index in [2.05, 4.69) is 0 Å². The molecular weight excluding hydrogens is 410 g/mol. The number of sulfonamides is 1. The number of fused-ring (bicyclic) bond motifs is 1. The van der Waals surface area contributed by atoms with Crippen molar-refractivity contribution >= 4 is 32.6 Å². The molecule has 7 nitrogen and oxygen atoms in total. The first-order valence-corrected chi connectivity index (χ1v) is 11.1. The fourth-order valence-electron chi connectivity index (χ4n) is 3.47. The number of rotatable bonds is 6. The number of hydrogen-bond acceptors (Lipinski definition) is 4. The van der Waals surface area contributed by atoms with Crippen molar-refractivity contribution in [2.75, 3.05) is 11.4 Å². The molecule has 0 fully saturated rings. The highest BCUT2D eigenvalue weighted by Crippen LogP contribution is 2.26. The van der Waals surface area contributed by atoms with Crippen molar-refractivity contribution in [3.63, 3.8) is 0 Å². The number of nitrogen functional groups attached to an aromatic ring is 1. The smallest absolute Gasteiger partial charge is 0.264 e. The average Bonchev–Trinajstić information content (AvgIpc) is 3.08. The predicted molar refractivity (Wildman–Crippen MR) is 123 cm³/mol. The summed E-state index contributed by atoms with van der Waals surface area (Å²) in [5, 5.41) is 7.50. The zero-order valence-corrected chi connectivity index (χ0v) is 18.1. The predicted octanol–water partition coefficient (Wildman–Crippen LogP) is 3.27. The minimum atomic E-state index is -3.65. The molecule has 0 saturated heterocycles. The third-order valence-electron chi connectivity index (χ3n) is 5.35. The normalized spacial score (nSPS) is 11.5. The molecule has 0 atom stereocenters. The Labute approximate surface area is 181 Å². The van der Waals surface area contributed by atoms with Crippen molar-refractivity contribution in [2.24, 2.45) is 12.8 Å². The van der Waals surface area contributed by atoms with E-state index < -0.39 is 10.0 Å². The summed E-state index contributed by atoms with van der Waals surface area (Å²) in [7, 11) is -0.164. The van der Waals surface area contributed by atoms with Gasteiger partial charge < -0.3 is 10.3 Å². The highest BCUT2D eigenvalue weighted by molar-refractivity contribution is 7.92. The van der Waals surface area contributed by atoms with E-state index in [1.165, 1.54) is 4.31 Å². The SMILES string of the molecule is CN(c1ccc2c(c1)nc(Cc1ccc(C(=N)N)cc1)n2C)S(=O)(=O)c1ccccc1. The van der Waals surface area contributed by atoms with Gasteiger partial charge in [0, 0.05) is 26.1 Å². The fraction of sp³-hybridized carbons (Fsp3) is 0.130. The van der Waals surface area contributed by atoms with Crippen LogP contribution in [-0.2, 0) is 23.5 Å². The van der Waals surface area contributed by atoms with Gasteiger partial charge in [-0.1, -0.05) is 42.5 Å². The van der Waals surface area contributed by atoms with Gasteiger partial charge in [0.15, 0.2) is 0 Å². The van der Waals surface area contributed by atoms with Gasteiger partial charge in [0.25, 0.3) is 10.0 Å². The zero-order valence-electron chi connectivity index (χ0n) is 17.3. The van der Waals surface area contributed by atoms with Gasteiger partial charge in [0.2, 0.25) is 0 Å². The van der Waals surface area contributed by atoms with Crippen molar-refractivity contribution < 1.29 is 8.42 Å². The Morgan fingerprint density at radius 2 is 1.74 bits per heavy atom. The first-order chi connectivity index (χ1) is 14.8. The average molecular weight is 434 g/mol. The number of aromatic nitrogens is 2. The third-order valence-corrected chi connectivity index (χ3v) is 7.15. The fourth-order valence-corrected chi connectivity index (χ4v) is 4.67. The van der Waals surface area contributed by atoms with E-state index in [0.29, 0.717) is 17.7 Å². The number of imidazole rings is 1. The highest BCUT2D eigenvalue weighted by atomic mass is 32.2. The second-order valence-corrected chi connectivity index (χ2v) is 9.30. The van der Waals surface area contributed by atoms with Crippen LogP contribution in [0.5, 0.6) is 0 Å². The van der Waals surface area contributed by atoms with E-state index in [9.17, 15) is 8.42 Å². The number of nitrogens with two attached hydrogens (primary N) is 1. The maximum absolute atomic E-state index is 12.9. The second kappa shape index (κ2) is 7.88. The monoisotopic (exact) mass is 433 g/mol. The van der Waals surface area contributed by atoms with Crippen LogP contribution >= 0.6 is 0 Å². The van der Waals surface area contributed by atoms with Gasteiger partial charge in [-0.25, -0.2) is 13.4 Å². The number of aryl methyl sites for hydroxylation is 1. The van der Waals surface area contributed by atoms with E-state index in [-0.39, 0.29) is 10.7 Å². The Morgan fingerprint density at radius 1 is 1.06 bits per heavy atom. The van der Waals surface area contributed by atoms with Gasteiger partial charge in [-0.2, -0.15) is 0 Å². The van der Waals surface area contributed by atoms with E-state index in [0.717, 1.165) is 22.4 Å². The molecule has 3 aromatic carbocycles. The summed E-state index contributed by atoms with van der Waals surface area (Å²) < 4.78 is 29.1. The molecule has 0 radical (unpaired) electrons. The van der Waals surface area contributed by atoms with Gasteiger partial charge in [0.05, 0.1) is 21.6 Å². The summed E-state index contributed by atoms with van der Waals surface area (Å²) in [6.45, 7) is 0. The van der Waals surface area contributed by atoms with Crippen molar-refractivity contribution in [3.05, 3.63) is 89.7 Å². The first kappa shape index (κ1) is 20.6. The summed E-state index contributed by atoms with van der Waals surface area (Å²) in [5.41, 5.74) is 9.44. The molecule has 8 heteroatoms. The zero-order chi connectivity index (χ0) is 22.2. The van der Waals surface area contributed by atoms with Gasteiger partial charge in [-0.15, -0.1) is 0 Å². The Morgan fingerprint density at radius 3 is 2.39 bits per heavy atom. The summed E-state index contributed by atoms with van der Waals surface area (Å²) >= 11 is 0. The number of hydrogen-bond donors (Lipinski definition) is 2. The van der Waals surface area contributed by atoms with Crippen molar-refractivity contribution in [3.8, 4) is 0 Å². The molecule has 0 aliphatic heterocycles. The minimum Gasteiger partial charge on any atom is -0.384 e. The first-order valence-electron chi connectivity index (χ1n) is 9.70. The van der Waals surface area contributed by atoms with Crippen LogP contribution in [0.15, 0.2) is 77.7 Å². The lowest BCUT2D eigenvalue weighted by Crippen LogP contribution is -2.26. The molecule has 0 unspecified atom stereocenters. The van der Waals surface area contributed by atoms with Crippen LogP contribution in [0.4, 0.5) is 5.69 Å². The maximum Gasteiger partial charge on any atom is 0.264 e. The maximum atomic E-state index is 12.9. The summed E-state index contributed by atoms with van der Waals surface area (Å²) in [4.78, 5) is 4.98. The van der Waals surface area contributed by atoms with Gasteiger partial charge >= 0.3 is 0 Å². The molecule has 31 heavy (non-hydrogen) atoms. The molecule has 0 amide bonds. The number of anilines is 1. The molecule has 158 valence electrons. The van der Waals surface area contributed by atoms with E-state index in [4.69, 9.17) is 16.1 Å². The highest BCUT2D eigenvalue weighted by Gasteiger charge is 2.21. The largest absolute Gasteiger partial charge is 0.384 e. The molecule has 3 N–H and O–H groups in total. The van der Waals surface area contributed by atoms with Crippen LogP contribution in [-0.4, -0.2) is 30.9 Å². The summed E-state index contributed by atoms with van der Waals surface area (Å²) in [5.74, 6) is 0.896. The van der Waals surface area contributed by atoms with Crippen LogP contribution in [0, 0.1) is 5.41 Å². The molecule has 0 bridgehead atoms. The van der Waals surface area contributed by atoms with Gasteiger partial charge in [-0.05, 0) is 35.9 Å². The molecule has 0 saturated carbocycles. The molecule has 0 aliphatic carbocycles. The molecule has 1 heterocycles. The molecule has 4 aromatic rings. The summed E-state index contributed by atoms with van der Waals surface area (Å²) in [6.07, 6.45) is 0.608. The number of benzene rings is 3.